The Morgan fingerprint density at radius 3 is 2.83 bits per heavy atom. The molecule has 5 heterocycles. The third-order valence-electron chi connectivity index (χ3n) is 6.84. The van der Waals surface area contributed by atoms with Gasteiger partial charge in [0.05, 0.1) is 49.5 Å². The molecule has 1 spiro atoms. The van der Waals surface area contributed by atoms with Crippen molar-refractivity contribution in [2.24, 2.45) is 12.5 Å². The number of rotatable bonds is 7. The molecule has 9 heteroatoms. The molecule has 36 heavy (non-hydrogen) atoms. The summed E-state index contributed by atoms with van der Waals surface area (Å²) in [7, 11) is 3.68. The van der Waals surface area contributed by atoms with E-state index in [4.69, 9.17) is 23.9 Å². The number of hydrogen-bond acceptors (Lipinski definition) is 7. The fraction of sp³-hybridized carbons (Fsp3) is 0.519. The van der Waals surface area contributed by atoms with Gasteiger partial charge in [-0.1, -0.05) is 13.8 Å². The average molecular weight is 495 g/mol. The van der Waals surface area contributed by atoms with Crippen LogP contribution in [0.25, 0.3) is 22.2 Å². The fourth-order valence-corrected chi connectivity index (χ4v) is 5.13. The summed E-state index contributed by atoms with van der Waals surface area (Å²) < 4.78 is 26.0. The molecule has 0 aliphatic carbocycles. The quantitative estimate of drug-likeness (QED) is 0.533. The maximum absolute atomic E-state index is 11.6. The molecule has 0 aromatic carbocycles. The Labute approximate surface area is 211 Å². The van der Waals surface area contributed by atoms with Gasteiger partial charge in [-0.05, 0) is 6.07 Å². The second kappa shape index (κ2) is 9.46. The number of aromatic nitrogens is 3. The Kier molecular flexibility index (Phi) is 6.48. The van der Waals surface area contributed by atoms with Gasteiger partial charge in [0.25, 0.3) is 0 Å². The first-order valence-electron chi connectivity index (χ1n) is 12.3. The van der Waals surface area contributed by atoms with Crippen LogP contribution in [0, 0.1) is 5.41 Å². The third kappa shape index (κ3) is 4.58. The molecule has 2 aliphatic heterocycles. The number of nitrogens with one attached hydrogen (secondary N) is 1. The highest BCUT2D eigenvalue weighted by molar-refractivity contribution is 5.98. The molecule has 1 N–H and O–H groups in total. The van der Waals surface area contributed by atoms with Crippen molar-refractivity contribution < 1.29 is 23.7 Å². The van der Waals surface area contributed by atoms with Gasteiger partial charge >= 0.3 is 0 Å². The molecular weight excluding hydrogens is 460 g/mol. The van der Waals surface area contributed by atoms with Crippen molar-refractivity contribution in [1.82, 2.24) is 14.5 Å². The van der Waals surface area contributed by atoms with Gasteiger partial charge in [-0.25, -0.2) is 9.97 Å². The Bertz CT molecular complexity index is 1290. The van der Waals surface area contributed by atoms with E-state index in [1.165, 1.54) is 6.92 Å². The average Bonchev–Trinajstić information content (AvgIpc) is 3.42. The molecular formula is C27H34N4O5. The monoisotopic (exact) mass is 494 g/mol. The zero-order chi connectivity index (χ0) is 25.5. The molecule has 0 bridgehead atoms. The van der Waals surface area contributed by atoms with Crippen molar-refractivity contribution >= 4 is 22.6 Å². The summed E-state index contributed by atoms with van der Waals surface area (Å²) in [6.45, 7) is 8.56. The first-order valence-corrected chi connectivity index (χ1v) is 12.3. The van der Waals surface area contributed by atoms with Crippen LogP contribution in [0.4, 0.5) is 5.82 Å². The van der Waals surface area contributed by atoms with Crippen LogP contribution in [0.5, 0.6) is 5.75 Å². The van der Waals surface area contributed by atoms with E-state index in [-0.39, 0.29) is 11.3 Å². The molecule has 192 valence electrons. The third-order valence-corrected chi connectivity index (χ3v) is 6.84. The lowest BCUT2D eigenvalue weighted by molar-refractivity contribution is -0.114. The van der Waals surface area contributed by atoms with E-state index in [1.807, 2.05) is 29.9 Å². The van der Waals surface area contributed by atoms with Gasteiger partial charge in [0.15, 0.2) is 0 Å². The van der Waals surface area contributed by atoms with E-state index >= 15 is 0 Å². The van der Waals surface area contributed by atoms with Crippen LogP contribution < -0.4 is 10.1 Å². The van der Waals surface area contributed by atoms with Crippen molar-refractivity contribution in [1.29, 1.82) is 0 Å². The number of nitrogens with zero attached hydrogens (tertiary/aromatic N) is 3. The van der Waals surface area contributed by atoms with E-state index < -0.39 is 5.60 Å². The smallest absolute Gasteiger partial charge is 0.222 e. The standard InChI is InChI=1S/C27H34N4O5/c1-17(32)29-24-10-19-20(13-31(4)22(19)12-28-24)21-11-23(35-15-26(2,3)14-33-5)18-6-8-36-27(25(18)30-21)7-9-34-16-27/h10-13H,6-9,14-16H2,1-5H3,(H,28,29,32). The summed E-state index contributed by atoms with van der Waals surface area (Å²) in [6.07, 6.45) is 5.30. The molecule has 1 atom stereocenters. The number of pyridine rings is 2. The van der Waals surface area contributed by atoms with E-state index in [0.717, 1.165) is 52.0 Å². The van der Waals surface area contributed by atoms with E-state index in [1.54, 1.807) is 13.3 Å². The summed E-state index contributed by atoms with van der Waals surface area (Å²) in [5.74, 6) is 1.16. The molecule has 9 nitrogen and oxygen atoms in total. The molecule has 0 saturated carbocycles. The number of ether oxygens (including phenoxy) is 4. The van der Waals surface area contributed by atoms with Crippen molar-refractivity contribution in [3.8, 4) is 17.0 Å². The maximum Gasteiger partial charge on any atom is 0.222 e. The molecule has 2 aliphatic rings. The predicted octanol–water partition coefficient (Wildman–Crippen LogP) is 3.83. The number of methoxy groups -OCH3 is 1. The zero-order valence-corrected chi connectivity index (χ0v) is 21.6. The molecule has 1 fully saturated rings. The lowest BCUT2D eigenvalue weighted by atomic mass is 9.89. The van der Waals surface area contributed by atoms with Gasteiger partial charge in [-0.2, -0.15) is 0 Å². The number of carbonyl (C=O) groups is 1. The van der Waals surface area contributed by atoms with Crippen LogP contribution in [-0.4, -0.2) is 60.6 Å². The van der Waals surface area contributed by atoms with Gasteiger partial charge in [0.2, 0.25) is 5.91 Å². The minimum absolute atomic E-state index is 0.150. The second-order valence-corrected chi connectivity index (χ2v) is 10.5. The molecule has 3 aromatic rings. The van der Waals surface area contributed by atoms with Gasteiger partial charge in [-0.3, -0.25) is 4.79 Å². The highest BCUT2D eigenvalue weighted by Crippen LogP contribution is 2.44. The summed E-state index contributed by atoms with van der Waals surface area (Å²) >= 11 is 0. The zero-order valence-electron chi connectivity index (χ0n) is 21.6. The Balaban J connectivity index is 1.65. The Morgan fingerprint density at radius 2 is 2.11 bits per heavy atom. The lowest BCUT2D eigenvalue weighted by Gasteiger charge is -2.35. The first kappa shape index (κ1) is 24.7. The van der Waals surface area contributed by atoms with Crippen molar-refractivity contribution in [2.75, 3.05) is 45.5 Å². The van der Waals surface area contributed by atoms with Crippen molar-refractivity contribution in [2.45, 2.75) is 39.2 Å². The number of fused-ring (bicyclic) bond motifs is 3. The lowest BCUT2D eigenvalue weighted by Crippen LogP contribution is -2.37. The minimum Gasteiger partial charge on any atom is -0.493 e. The van der Waals surface area contributed by atoms with Crippen LogP contribution in [0.3, 0.4) is 0 Å². The summed E-state index contributed by atoms with van der Waals surface area (Å²) in [6, 6.07) is 3.92. The number of carbonyl (C=O) groups excluding carboxylic acids is 1. The van der Waals surface area contributed by atoms with Crippen LogP contribution >= 0.6 is 0 Å². The molecule has 5 rings (SSSR count). The number of anilines is 1. The van der Waals surface area contributed by atoms with Crippen LogP contribution in [0.15, 0.2) is 24.5 Å². The highest BCUT2D eigenvalue weighted by atomic mass is 16.6. The fourth-order valence-electron chi connectivity index (χ4n) is 5.13. The van der Waals surface area contributed by atoms with Crippen molar-refractivity contribution in [3.05, 3.63) is 35.8 Å². The molecule has 3 aromatic heterocycles. The summed E-state index contributed by atoms with van der Waals surface area (Å²) in [4.78, 5) is 21.2. The highest BCUT2D eigenvalue weighted by Gasteiger charge is 2.44. The topological polar surface area (TPSA) is 96.7 Å². The second-order valence-electron chi connectivity index (χ2n) is 10.5. The van der Waals surface area contributed by atoms with Crippen LogP contribution in [0.2, 0.25) is 0 Å². The number of aryl methyl sites for hydroxylation is 1. The number of hydrogen-bond donors (Lipinski definition) is 1. The van der Waals surface area contributed by atoms with Crippen molar-refractivity contribution in [3.63, 3.8) is 0 Å². The maximum atomic E-state index is 11.6. The number of amides is 1. The normalized spacial score (nSPS) is 19.6. The summed E-state index contributed by atoms with van der Waals surface area (Å²) in [5.41, 5.74) is 3.94. The largest absolute Gasteiger partial charge is 0.493 e. The van der Waals surface area contributed by atoms with Crippen LogP contribution in [-0.2, 0) is 38.1 Å². The summed E-state index contributed by atoms with van der Waals surface area (Å²) in [5, 5.41) is 3.73. The molecule has 0 radical (unpaired) electrons. The predicted molar refractivity (Wildman–Crippen MR) is 136 cm³/mol. The van der Waals surface area contributed by atoms with E-state index in [0.29, 0.717) is 38.9 Å². The molecule has 1 saturated heterocycles. The first-order chi connectivity index (χ1) is 17.2. The van der Waals surface area contributed by atoms with E-state index in [2.05, 4.69) is 24.1 Å². The van der Waals surface area contributed by atoms with E-state index in [9.17, 15) is 4.79 Å². The Morgan fingerprint density at radius 1 is 1.28 bits per heavy atom. The SMILES string of the molecule is COCC(C)(C)COc1cc(-c2cn(C)c3cnc(NC(C)=O)cc23)nc2c1CCOC21CCOC1. The van der Waals surface area contributed by atoms with Gasteiger partial charge < -0.3 is 28.8 Å². The van der Waals surface area contributed by atoms with Gasteiger partial charge in [0, 0.05) is 74.7 Å². The van der Waals surface area contributed by atoms with Gasteiger partial charge in [-0.15, -0.1) is 0 Å². The van der Waals surface area contributed by atoms with Gasteiger partial charge in [0.1, 0.15) is 17.2 Å². The molecule has 1 unspecified atom stereocenters. The molecule has 1 amide bonds. The Hall–Kier alpha value is -3.01. The van der Waals surface area contributed by atoms with Crippen LogP contribution in [0.1, 0.15) is 38.4 Å². The minimum atomic E-state index is -0.558.